The van der Waals surface area contributed by atoms with E-state index in [1.54, 1.807) is 0 Å². The van der Waals surface area contributed by atoms with E-state index in [0.29, 0.717) is 18.0 Å². The van der Waals surface area contributed by atoms with Crippen LogP contribution in [-0.4, -0.2) is 24.5 Å². The molecule has 0 saturated carbocycles. The Balaban J connectivity index is 2.26. The second kappa shape index (κ2) is 5.02. The molecular weight excluding hydrogens is 220 g/mol. The molecule has 100 valence electrons. The van der Waals surface area contributed by atoms with Crippen LogP contribution in [0.15, 0.2) is 18.2 Å². The van der Waals surface area contributed by atoms with Gasteiger partial charge in [-0.1, -0.05) is 32.0 Å². The van der Waals surface area contributed by atoms with Gasteiger partial charge in [-0.15, -0.1) is 0 Å². The number of rotatable bonds is 3. The largest absolute Gasteiger partial charge is 0.329 e. The molecule has 18 heavy (non-hydrogen) atoms. The molecule has 0 aromatic heterocycles. The van der Waals surface area contributed by atoms with Gasteiger partial charge in [0, 0.05) is 19.1 Å². The van der Waals surface area contributed by atoms with E-state index in [1.807, 2.05) is 0 Å². The molecule has 1 aromatic rings. The lowest BCUT2D eigenvalue weighted by Gasteiger charge is -2.30. The molecular formula is C16H26N2. The highest BCUT2D eigenvalue weighted by atomic mass is 15.2. The summed E-state index contributed by atoms with van der Waals surface area (Å²) in [5, 5.41) is 0. The first-order valence-corrected chi connectivity index (χ1v) is 6.95. The molecule has 0 aliphatic carbocycles. The molecule has 1 saturated heterocycles. The van der Waals surface area contributed by atoms with Crippen molar-refractivity contribution in [2.24, 2.45) is 11.1 Å². The second-order valence-corrected chi connectivity index (χ2v) is 6.43. The fraction of sp³-hybridized carbons (Fsp3) is 0.625. The number of aryl methyl sites for hydroxylation is 1. The van der Waals surface area contributed by atoms with Gasteiger partial charge in [0.25, 0.3) is 0 Å². The molecule has 1 heterocycles. The smallest absolute Gasteiger partial charge is 0.0473 e. The molecule has 0 spiro atoms. The van der Waals surface area contributed by atoms with Gasteiger partial charge in [0.05, 0.1) is 0 Å². The van der Waals surface area contributed by atoms with Crippen molar-refractivity contribution in [3.63, 3.8) is 0 Å². The highest BCUT2D eigenvalue weighted by molar-refractivity contribution is 5.35. The third kappa shape index (κ3) is 2.60. The van der Waals surface area contributed by atoms with E-state index in [1.165, 1.54) is 29.7 Å². The fourth-order valence-corrected chi connectivity index (χ4v) is 3.03. The maximum Gasteiger partial charge on any atom is 0.0473 e. The zero-order chi connectivity index (χ0) is 13.3. The molecule has 0 radical (unpaired) electrons. The van der Waals surface area contributed by atoms with Gasteiger partial charge in [0.2, 0.25) is 0 Å². The Hall–Kier alpha value is -0.860. The predicted molar refractivity (Wildman–Crippen MR) is 77.7 cm³/mol. The van der Waals surface area contributed by atoms with Gasteiger partial charge < -0.3 is 5.73 Å². The zero-order valence-electron chi connectivity index (χ0n) is 12.2. The van der Waals surface area contributed by atoms with Gasteiger partial charge in [-0.25, -0.2) is 0 Å². The van der Waals surface area contributed by atoms with Crippen LogP contribution in [0.3, 0.4) is 0 Å². The van der Waals surface area contributed by atoms with Crippen molar-refractivity contribution in [2.45, 2.75) is 40.2 Å². The predicted octanol–water partition coefficient (Wildman–Crippen LogP) is 3.04. The van der Waals surface area contributed by atoms with Crippen molar-refractivity contribution in [1.82, 2.24) is 4.90 Å². The Labute approximate surface area is 111 Å². The summed E-state index contributed by atoms with van der Waals surface area (Å²) in [7, 11) is 0. The lowest BCUT2D eigenvalue weighted by Crippen LogP contribution is -2.33. The van der Waals surface area contributed by atoms with Crippen LogP contribution in [0, 0.1) is 19.3 Å². The highest BCUT2D eigenvalue weighted by Crippen LogP contribution is 2.35. The Morgan fingerprint density at radius 2 is 2.06 bits per heavy atom. The number of nitrogens with two attached hydrogens (primary N) is 1. The summed E-state index contributed by atoms with van der Waals surface area (Å²) >= 11 is 0. The maximum absolute atomic E-state index is 6.05. The fourth-order valence-electron chi connectivity index (χ4n) is 3.03. The van der Waals surface area contributed by atoms with Crippen molar-refractivity contribution in [3.8, 4) is 0 Å². The molecule has 1 aliphatic rings. The molecule has 1 aliphatic heterocycles. The van der Waals surface area contributed by atoms with E-state index in [4.69, 9.17) is 5.73 Å². The van der Waals surface area contributed by atoms with E-state index >= 15 is 0 Å². The molecule has 1 unspecified atom stereocenters. The Morgan fingerprint density at radius 1 is 1.33 bits per heavy atom. The molecule has 2 heteroatoms. The summed E-state index contributed by atoms with van der Waals surface area (Å²) in [6, 6.07) is 6.96. The van der Waals surface area contributed by atoms with Gasteiger partial charge in [-0.3, -0.25) is 4.90 Å². The Bertz CT molecular complexity index is 423. The van der Waals surface area contributed by atoms with Crippen LogP contribution in [-0.2, 0) is 0 Å². The minimum absolute atomic E-state index is 0.381. The summed E-state index contributed by atoms with van der Waals surface area (Å²) in [4.78, 5) is 2.56. The number of benzene rings is 1. The van der Waals surface area contributed by atoms with Crippen LogP contribution in [0.25, 0.3) is 0 Å². The summed E-state index contributed by atoms with van der Waals surface area (Å²) in [5.41, 5.74) is 10.7. The van der Waals surface area contributed by atoms with Gasteiger partial charge in [0.15, 0.2) is 0 Å². The number of hydrogen-bond donors (Lipinski definition) is 1. The molecule has 1 fully saturated rings. The third-order valence-corrected chi connectivity index (χ3v) is 4.38. The first-order chi connectivity index (χ1) is 8.44. The molecule has 0 bridgehead atoms. The molecule has 2 N–H and O–H groups in total. The van der Waals surface area contributed by atoms with Crippen LogP contribution in [0.2, 0.25) is 0 Å². The summed E-state index contributed by atoms with van der Waals surface area (Å²) in [5.74, 6) is 0. The number of likely N-dealkylation sites (tertiary alicyclic amines) is 1. The second-order valence-electron chi connectivity index (χ2n) is 6.43. The molecule has 0 amide bonds. The van der Waals surface area contributed by atoms with Crippen LogP contribution in [0.4, 0.5) is 0 Å². The quantitative estimate of drug-likeness (QED) is 0.888. The average Bonchev–Trinajstić information content (AvgIpc) is 2.66. The molecule has 2 rings (SSSR count). The van der Waals surface area contributed by atoms with E-state index in [-0.39, 0.29) is 0 Å². The topological polar surface area (TPSA) is 29.3 Å². The minimum Gasteiger partial charge on any atom is -0.329 e. The van der Waals surface area contributed by atoms with Crippen LogP contribution < -0.4 is 5.73 Å². The van der Waals surface area contributed by atoms with E-state index < -0.39 is 0 Å². The standard InChI is InChI=1S/C16H26N2/c1-12-6-5-7-14(13(12)2)15(10-17)18-9-8-16(3,4)11-18/h5-7,15H,8-11,17H2,1-4H3. The third-order valence-electron chi connectivity index (χ3n) is 4.38. The van der Waals surface area contributed by atoms with E-state index in [2.05, 4.69) is 50.8 Å². The zero-order valence-corrected chi connectivity index (χ0v) is 12.2. The number of nitrogens with zero attached hydrogens (tertiary/aromatic N) is 1. The van der Waals surface area contributed by atoms with Crippen molar-refractivity contribution in [3.05, 3.63) is 34.9 Å². The maximum atomic E-state index is 6.05. The normalized spacial score (nSPS) is 21.2. The molecule has 2 nitrogen and oxygen atoms in total. The number of hydrogen-bond acceptors (Lipinski definition) is 2. The lowest BCUT2D eigenvalue weighted by atomic mass is 9.92. The van der Waals surface area contributed by atoms with Crippen LogP contribution in [0.1, 0.15) is 43.0 Å². The first kappa shape index (κ1) is 13.6. The van der Waals surface area contributed by atoms with Crippen molar-refractivity contribution < 1.29 is 0 Å². The van der Waals surface area contributed by atoms with E-state index in [0.717, 1.165) is 6.54 Å². The summed E-state index contributed by atoms with van der Waals surface area (Å²) < 4.78 is 0. The van der Waals surface area contributed by atoms with Crippen molar-refractivity contribution in [2.75, 3.05) is 19.6 Å². The van der Waals surface area contributed by atoms with Gasteiger partial charge in [0.1, 0.15) is 0 Å². The molecule has 1 aromatic carbocycles. The van der Waals surface area contributed by atoms with Crippen LogP contribution in [0.5, 0.6) is 0 Å². The Kier molecular flexibility index (Phi) is 3.79. The first-order valence-electron chi connectivity index (χ1n) is 6.95. The van der Waals surface area contributed by atoms with Crippen molar-refractivity contribution in [1.29, 1.82) is 0 Å². The SMILES string of the molecule is Cc1cccc(C(CN)N2CCC(C)(C)C2)c1C. The minimum atomic E-state index is 0.381. The lowest BCUT2D eigenvalue weighted by molar-refractivity contribution is 0.223. The molecule has 1 atom stereocenters. The summed E-state index contributed by atoms with van der Waals surface area (Å²) in [6.45, 7) is 12.1. The summed E-state index contributed by atoms with van der Waals surface area (Å²) in [6.07, 6.45) is 1.27. The van der Waals surface area contributed by atoms with Crippen molar-refractivity contribution >= 4 is 0 Å². The van der Waals surface area contributed by atoms with Gasteiger partial charge in [-0.2, -0.15) is 0 Å². The van der Waals surface area contributed by atoms with Crippen LogP contribution >= 0.6 is 0 Å². The van der Waals surface area contributed by atoms with Gasteiger partial charge in [-0.05, 0) is 48.9 Å². The van der Waals surface area contributed by atoms with Gasteiger partial charge >= 0.3 is 0 Å². The monoisotopic (exact) mass is 246 g/mol. The van der Waals surface area contributed by atoms with E-state index in [9.17, 15) is 0 Å². The Morgan fingerprint density at radius 3 is 2.61 bits per heavy atom. The highest BCUT2D eigenvalue weighted by Gasteiger charge is 2.33. The average molecular weight is 246 g/mol.